The van der Waals surface area contributed by atoms with Gasteiger partial charge < -0.3 is 11.1 Å². The molecule has 0 bridgehead atoms. The number of nitrogens with one attached hydrogen (secondary N) is 1. The smallest absolute Gasteiger partial charge is 0.277 e. The average molecular weight is 401 g/mol. The Morgan fingerprint density at radius 1 is 1.35 bits per heavy atom. The number of thiophene rings is 1. The van der Waals surface area contributed by atoms with Crippen molar-refractivity contribution in [2.24, 2.45) is 5.73 Å². The number of fused-ring (bicyclic) bond motifs is 1. The molecule has 0 aliphatic rings. The molecule has 3 rings (SSSR count). The van der Waals surface area contributed by atoms with Crippen LogP contribution in [0.5, 0.6) is 0 Å². The predicted molar refractivity (Wildman–Crippen MR) is 101 cm³/mol. The van der Waals surface area contributed by atoms with Crippen molar-refractivity contribution >= 4 is 39.9 Å². The maximum atomic E-state index is 13.2. The first-order chi connectivity index (χ1) is 11.9. The number of nitrogens with zero attached hydrogens (tertiary/aromatic N) is 2. The minimum absolute atomic E-state index is 0. The lowest BCUT2D eigenvalue weighted by Gasteiger charge is -2.13. The van der Waals surface area contributed by atoms with Crippen LogP contribution in [0.15, 0.2) is 36.4 Å². The summed E-state index contributed by atoms with van der Waals surface area (Å²) in [5.74, 6) is -3.63. The van der Waals surface area contributed by atoms with Crippen LogP contribution in [0.3, 0.4) is 0 Å². The molecule has 0 fully saturated rings. The van der Waals surface area contributed by atoms with E-state index in [-0.39, 0.29) is 12.4 Å². The SMILES string of the molecule is Cc1nn(Cc2ccccc2)c2sc(C(=O)NCC(F)(F)CN)cc12.Cl. The highest BCUT2D eigenvalue weighted by atomic mass is 35.5. The Labute approximate surface area is 159 Å². The number of rotatable bonds is 6. The minimum Gasteiger partial charge on any atom is -0.345 e. The van der Waals surface area contributed by atoms with Gasteiger partial charge in [0.2, 0.25) is 0 Å². The van der Waals surface area contributed by atoms with Gasteiger partial charge in [-0.1, -0.05) is 30.3 Å². The van der Waals surface area contributed by atoms with Crippen molar-refractivity contribution in [3.8, 4) is 0 Å². The average Bonchev–Trinajstić information content (AvgIpc) is 3.16. The zero-order chi connectivity index (χ0) is 18.0. The highest BCUT2D eigenvalue weighted by Gasteiger charge is 2.28. The van der Waals surface area contributed by atoms with E-state index in [1.165, 1.54) is 11.3 Å². The lowest BCUT2D eigenvalue weighted by molar-refractivity contribution is 0.0119. The highest BCUT2D eigenvalue weighted by Crippen LogP contribution is 2.29. The molecule has 5 nitrogen and oxygen atoms in total. The maximum Gasteiger partial charge on any atom is 0.277 e. The first kappa shape index (κ1) is 20.3. The summed E-state index contributed by atoms with van der Waals surface area (Å²) in [6.45, 7) is 0.870. The fraction of sp³-hybridized carbons (Fsp3) is 0.294. The van der Waals surface area contributed by atoms with E-state index in [2.05, 4.69) is 10.4 Å². The van der Waals surface area contributed by atoms with Crippen LogP contribution in [0, 0.1) is 6.92 Å². The van der Waals surface area contributed by atoms with Gasteiger partial charge in [0, 0.05) is 5.39 Å². The number of aromatic nitrogens is 2. The van der Waals surface area contributed by atoms with E-state index >= 15 is 0 Å². The fourth-order valence-electron chi connectivity index (χ4n) is 2.46. The quantitative estimate of drug-likeness (QED) is 0.667. The van der Waals surface area contributed by atoms with Crippen molar-refractivity contribution < 1.29 is 13.6 Å². The van der Waals surface area contributed by atoms with Gasteiger partial charge >= 0.3 is 0 Å². The second-order valence-corrected chi connectivity index (χ2v) is 6.83. The van der Waals surface area contributed by atoms with Crippen molar-refractivity contribution in [3.05, 3.63) is 52.5 Å². The molecule has 26 heavy (non-hydrogen) atoms. The first-order valence-electron chi connectivity index (χ1n) is 7.76. The van der Waals surface area contributed by atoms with Crippen LogP contribution in [0.4, 0.5) is 8.78 Å². The van der Waals surface area contributed by atoms with Crippen molar-refractivity contribution in [2.75, 3.05) is 13.1 Å². The Hall–Kier alpha value is -2.03. The van der Waals surface area contributed by atoms with Gasteiger partial charge in [-0.3, -0.25) is 9.48 Å². The van der Waals surface area contributed by atoms with Gasteiger partial charge in [-0.15, -0.1) is 23.7 Å². The topological polar surface area (TPSA) is 72.9 Å². The summed E-state index contributed by atoms with van der Waals surface area (Å²) in [7, 11) is 0. The molecule has 0 aliphatic heterocycles. The summed E-state index contributed by atoms with van der Waals surface area (Å²) < 4.78 is 28.2. The minimum atomic E-state index is -3.10. The molecule has 0 spiro atoms. The van der Waals surface area contributed by atoms with Gasteiger partial charge in [-0.25, -0.2) is 8.78 Å². The summed E-state index contributed by atoms with van der Waals surface area (Å²) in [4.78, 5) is 13.4. The first-order valence-corrected chi connectivity index (χ1v) is 8.58. The lowest BCUT2D eigenvalue weighted by Crippen LogP contribution is -2.41. The highest BCUT2D eigenvalue weighted by molar-refractivity contribution is 7.20. The number of amides is 1. The number of carbonyl (C=O) groups excluding carboxylic acids is 1. The molecule has 3 aromatic rings. The molecule has 1 aromatic carbocycles. The van der Waals surface area contributed by atoms with Gasteiger partial charge in [-0.05, 0) is 18.6 Å². The Balaban J connectivity index is 0.00000243. The van der Waals surface area contributed by atoms with Gasteiger partial charge in [0.15, 0.2) is 0 Å². The molecule has 0 aliphatic carbocycles. The Morgan fingerprint density at radius 3 is 2.69 bits per heavy atom. The van der Waals surface area contributed by atoms with Crippen LogP contribution in [0.1, 0.15) is 20.9 Å². The van der Waals surface area contributed by atoms with Crippen LogP contribution in [-0.2, 0) is 6.54 Å². The third kappa shape index (κ3) is 4.38. The van der Waals surface area contributed by atoms with Crippen LogP contribution in [-0.4, -0.2) is 34.7 Å². The maximum absolute atomic E-state index is 13.2. The van der Waals surface area contributed by atoms with Gasteiger partial charge in [0.05, 0.1) is 30.2 Å². The number of benzene rings is 1. The second-order valence-electron chi connectivity index (χ2n) is 5.80. The molecular weight excluding hydrogens is 382 g/mol. The van der Waals surface area contributed by atoms with Gasteiger partial charge in [0.25, 0.3) is 11.8 Å². The molecular formula is C17H19ClF2N4OS. The van der Waals surface area contributed by atoms with Crippen LogP contribution < -0.4 is 11.1 Å². The van der Waals surface area contributed by atoms with E-state index in [4.69, 9.17) is 5.73 Å². The number of alkyl halides is 2. The molecule has 1 amide bonds. The third-order valence-electron chi connectivity index (χ3n) is 3.81. The van der Waals surface area contributed by atoms with E-state index in [0.29, 0.717) is 11.4 Å². The third-order valence-corrected chi connectivity index (χ3v) is 4.96. The molecule has 2 heterocycles. The molecule has 2 aromatic heterocycles. The van der Waals surface area contributed by atoms with E-state index in [1.807, 2.05) is 41.9 Å². The summed E-state index contributed by atoms with van der Waals surface area (Å²) in [6.07, 6.45) is 0. The lowest BCUT2D eigenvalue weighted by atomic mass is 10.2. The number of halogens is 3. The van der Waals surface area contributed by atoms with Gasteiger partial charge in [0.1, 0.15) is 4.83 Å². The molecule has 140 valence electrons. The molecule has 9 heteroatoms. The summed E-state index contributed by atoms with van der Waals surface area (Å²) in [5.41, 5.74) is 6.87. The summed E-state index contributed by atoms with van der Waals surface area (Å²) >= 11 is 1.24. The second kappa shape index (κ2) is 8.11. The molecule has 3 N–H and O–H groups in total. The summed E-state index contributed by atoms with van der Waals surface area (Å²) in [5, 5.41) is 7.60. The Bertz CT molecular complexity index is 895. The molecule has 0 saturated carbocycles. The van der Waals surface area contributed by atoms with Crippen molar-refractivity contribution in [3.63, 3.8) is 0 Å². The predicted octanol–water partition coefficient (Wildman–Crippen LogP) is 3.20. The van der Waals surface area contributed by atoms with E-state index < -0.39 is 24.9 Å². The van der Waals surface area contributed by atoms with Crippen molar-refractivity contribution in [1.82, 2.24) is 15.1 Å². The van der Waals surface area contributed by atoms with Crippen LogP contribution >= 0.6 is 23.7 Å². The zero-order valence-corrected chi connectivity index (χ0v) is 15.7. The number of hydrogen-bond acceptors (Lipinski definition) is 4. The van der Waals surface area contributed by atoms with Gasteiger partial charge in [-0.2, -0.15) is 5.10 Å². The molecule has 0 radical (unpaired) electrons. The van der Waals surface area contributed by atoms with Crippen LogP contribution in [0.25, 0.3) is 10.2 Å². The van der Waals surface area contributed by atoms with E-state index in [1.54, 1.807) is 6.07 Å². The van der Waals surface area contributed by atoms with Crippen LogP contribution in [0.2, 0.25) is 0 Å². The largest absolute Gasteiger partial charge is 0.345 e. The monoisotopic (exact) mass is 400 g/mol. The summed E-state index contributed by atoms with van der Waals surface area (Å²) in [6, 6.07) is 11.5. The molecule has 0 unspecified atom stereocenters. The zero-order valence-electron chi connectivity index (χ0n) is 14.0. The van der Waals surface area contributed by atoms with Crippen molar-refractivity contribution in [2.45, 2.75) is 19.4 Å². The Kier molecular flexibility index (Phi) is 6.33. The number of aryl methyl sites for hydroxylation is 1. The van der Waals surface area contributed by atoms with E-state index in [9.17, 15) is 13.6 Å². The number of carbonyl (C=O) groups is 1. The normalized spacial score (nSPS) is 11.4. The van der Waals surface area contributed by atoms with Crippen molar-refractivity contribution in [1.29, 1.82) is 0 Å². The Morgan fingerprint density at radius 2 is 2.04 bits per heavy atom. The standard InChI is InChI=1S/C17H18F2N4OS.ClH/c1-11-13-7-14(15(24)21-10-17(18,19)9-20)25-16(13)23(22-11)8-12-5-3-2-4-6-12;/h2-7H,8-10,20H2,1H3,(H,21,24);1H. The fourth-order valence-corrected chi connectivity index (χ4v) is 3.53. The molecule has 0 atom stereocenters. The molecule has 0 saturated heterocycles. The van der Waals surface area contributed by atoms with E-state index in [0.717, 1.165) is 21.5 Å². The number of hydrogen-bond donors (Lipinski definition) is 2. The number of nitrogens with two attached hydrogens (primary N) is 1.